The minimum Gasteiger partial charge on any atom is -0.326 e. The zero-order valence-corrected chi connectivity index (χ0v) is 15.2. The van der Waals surface area contributed by atoms with Crippen molar-refractivity contribution in [1.82, 2.24) is 4.31 Å². The van der Waals surface area contributed by atoms with Crippen LogP contribution in [0, 0.1) is 23.0 Å². The average molecular weight is 369 g/mol. The quantitative estimate of drug-likeness (QED) is 0.611. The molecule has 1 fully saturated rings. The first-order chi connectivity index (χ1) is 11.7. The van der Waals surface area contributed by atoms with Gasteiger partial charge in [-0.2, -0.15) is 0 Å². The molecule has 2 rings (SSSR count). The van der Waals surface area contributed by atoms with Crippen molar-refractivity contribution < 1.29 is 18.1 Å². The van der Waals surface area contributed by atoms with Gasteiger partial charge < -0.3 is 5.32 Å². The number of rotatable bonds is 6. The topological polar surface area (TPSA) is 110 Å². The van der Waals surface area contributed by atoms with E-state index in [1.165, 1.54) is 10.4 Å². The Morgan fingerprint density at radius 3 is 2.80 bits per heavy atom. The summed E-state index contributed by atoms with van der Waals surface area (Å²) in [6.45, 7) is 4.02. The number of carbonyl (C=O) groups excluding carboxylic acids is 1. The van der Waals surface area contributed by atoms with Crippen LogP contribution in [0.5, 0.6) is 0 Å². The minimum absolute atomic E-state index is 0.0615. The van der Waals surface area contributed by atoms with Crippen LogP contribution in [-0.4, -0.2) is 42.4 Å². The number of amides is 1. The zero-order valence-electron chi connectivity index (χ0n) is 14.4. The van der Waals surface area contributed by atoms with E-state index in [0.717, 1.165) is 0 Å². The molecular formula is C16H23N3O5S. The number of sulfonamides is 1. The standard InChI is InChI=1S/C16H23N3O5S/c1-3-9-25(23,24)18-8-4-5-13(11-18)16(20)17-14-7-6-12(2)15(10-14)19(21)22/h6-7,10,13H,3-5,8-9,11H2,1-2H3,(H,17,20). The third-order valence-electron chi connectivity index (χ3n) is 4.28. The predicted octanol–water partition coefficient (Wildman–Crippen LogP) is 2.29. The van der Waals surface area contributed by atoms with E-state index in [1.54, 1.807) is 26.0 Å². The maximum atomic E-state index is 12.5. The Hall–Kier alpha value is -2.00. The molecule has 0 bridgehead atoms. The third-order valence-corrected chi connectivity index (χ3v) is 6.33. The highest BCUT2D eigenvalue weighted by Crippen LogP contribution is 2.25. The van der Waals surface area contributed by atoms with E-state index >= 15 is 0 Å². The molecule has 1 aliphatic heterocycles. The van der Waals surface area contributed by atoms with Gasteiger partial charge in [0, 0.05) is 30.4 Å². The molecule has 1 heterocycles. The molecule has 1 aromatic carbocycles. The highest BCUT2D eigenvalue weighted by atomic mass is 32.2. The second-order valence-electron chi connectivity index (χ2n) is 6.26. The van der Waals surface area contributed by atoms with E-state index in [-0.39, 0.29) is 23.9 Å². The van der Waals surface area contributed by atoms with Crippen molar-refractivity contribution in [2.24, 2.45) is 5.92 Å². The molecular weight excluding hydrogens is 346 g/mol. The van der Waals surface area contributed by atoms with Gasteiger partial charge in [-0.15, -0.1) is 0 Å². The number of aryl methyl sites for hydroxylation is 1. The fraction of sp³-hybridized carbons (Fsp3) is 0.562. The van der Waals surface area contributed by atoms with Crippen molar-refractivity contribution in [2.75, 3.05) is 24.2 Å². The number of hydrogen-bond acceptors (Lipinski definition) is 5. The molecule has 0 radical (unpaired) electrons. The van der Waals surface area contributed by atoms with Crippen LogP contribution in [0.25, 0.3) is 0 Å². The van der Waals surface area contributed by atoms with Gasteiger partial charge in [0.2, 0.25) is 15.9 Å². The Labute approximate surface area is 147 Å². The summed E-state index contributed by atoms with van der Waals surface area (Å²) < 4.78 is 25.8. The molecule has 1 aliphatic rings. The molecule has 1 atom stereocenters. The summed E-state index contributed by atoms with van der Waals surface area (Å²) in [4.78, 5) is 23.0. The van der Waals surface area contributed by atoms with Crippen molar-refractivity contribution in [2.45, 2.75) is 33.1 Å². The summed E-state index contributed by atoms with van der Waals surface area (Å²) in [5.74, 6) is -0.693. The van der Waals surface area contributed by atoms with Gasteiger partial charge in [0.15, 0.2) is 0 Å². The van der Waals surface area contributed by atoms with Gasteiger partial charge in [0.25, 0.3) is 5.69 Å². The van der Waals surface area contributed by atoms with Crippen molar-refractivity contribution in [3.63, 3.8) is 0 Å². The fourth-order valence-electron chi connectivity index (χ4n) is 2.92. The lowest BCUT2D eigenvalue weighted by Crippen LogP contribution is -2.44. The number of nitrogens with one attached hydrogen (secondary N) is 1. The summed E-state index contributed by atoms with van der Waals surface area (Å²) in [7, 11) is -3.33. The van der Waals surface area contributed by atoms with E-state index in [4.69, 9.17) is 0 Å². The molecule has 138 valence electrons. The van der Waals surface area contributed by atoms with E-state index in [1.807, 2.05) is 0 Å². The molecule has 0 aromatic heterocycles. The van der Waals surface area contributed by atoms with E-state index in [9.17, 15) is 23.3 Å². The molecule has 0 saturated carbocycles. The van der Waals surface area contributed by atoms with Crippen LogP contribution in [0.4, 0.5) is 11.4 Å². The summed E-state index contributed by atoms with van der Waals surface area (Å²) in [5, 5.41) is 13.7. The third kappa shape index (κ3) is 4.76. The SMILES string of the molecule is CCCS(=O)(=O)N1CCCC(C(=O)Nc2ccc(C)c([N+](=O)[O-])c2)C1. The Morgan fingerprint density at radius 2 is 2.16 bits per heavy atom. The number of nitro benzene ring substituents is 1. The lowest BCUT2D eigenvalue weighted by molar-refractivity contribution is -0.385. The van der Waals surface area contributed by atoms with E-state index in [2.05, 4.69) is 5.32 Å². The maximum Gasteiger partial charge on any atom is 0.274 e. The van der Waals surface area contributed by atoms with Crippen LogP contribution < -0.4 is 5.32 Å². The Morgan fingerprint density at radius 1 is 1.44 bits per heavy atom. The van der Waals surface area contributed by atoms with Crippen LogP contribution in [-0.2, 0) is 14.8 Å². The fourth-order valence-corrected chi connectivity index (χ4v) is 4.51. The van der Waals surface area contributed by atoms with Gasteiger partial charge in [0.1, 0.15) is 0 Å². The molecule has 1 saturated heterocycles. The van der Waals surface area contributed by atoms with Crippen LogP contribution in [0.3, 0.4) is 0 Å². The molecule has 1 unspecified atom stereocenters. The molecule has 0 spiro atoms. The average Bonchev–Trinajstić information content (AvgIpc) is 2.56. The Balaban J connectivity index is 2.08. The highest BCUT2D eigenvalue weighted by molar-refractivity contribution is 7.89. The molecule has 1 amide bonds. The maximum absolute atomic E-state index is 12.5. The zero-order chi connectivity index (χ0) is 18.6. The van der Waals surface area contributed by atoms with Crippen molar-refractivity contribution in [1.29, 1.82) is 0 Å². The van der Waals surface area contributed by atoms with Crippen LogP contribution >= 0.6 is 0 Å². The molecule has 0 aliphatic carbocycles. The molecule has 1 N–H and O–H groups in total. The largest absolute Gasteiger partial charge is 0.326 e. The van der Waals surface area contributed by atoms with Crippen molar-refractivity contribution >= 4 is 27.3 Å². The minimum atomic E-state index is -3.33. The van der Waals surface area contributed by atoms with Gasteiger partial charge in [-0.05, 0) is 32.3 Å². The van der Waals surface area contributed by atoms with Crippen LogP contribution in [0.15, 0.2) is 18.2 Å². The number of hydrogen-bond donors (Lipinski definition) is 1. The van der Waals surface area contributed by atoms with Gasteiger partial charge in [0.05, 0.1) is 16.6 Å². The number of benzene rings is 1. The van der Waals surface area contributed by atoms with Crippen LogP contribution in [0.1, 0.15) is 31.7 Å². The normalized spacial score (nSPS) is 18.7. The Kier molecular flexibility index (Phi) is 6.12. The molecule has 25 heavy (non-hydrogen) atoms. The number of piperidine rings is 1. The van der Waals surface area contributed by atoms with E-state index < -0.39 is 20.9 Å². The second kappa shape index (κ2) is 7.92. The second-order valence-corrected chi connectivity index (χ2v) is 8.35. The lowest BCUT2D eigenvalue weighted by atomic mass is 9.98. The summed E-state index contributed by atoms with van der Waals surface area (Å²) in [5.41, 5.74) is 0.793. The van der Waals surface area contributed by atoms with E-state index in [0.29, 0.717) is 37.1 Å². The first-order valence-corrected chi connectivity index (χ1v) is 9.89. The van der Waals surface area contributed by atoms with Gasteiger partial charge in [-0.25, -0.2) is 12.7 Å². The number of nitrogens with zero attached hydrogens (tertiary/aromatic N) is 2. The smallest absolute Gasteiger partial charge is 0.274 e. The van der Waals surface area contributed by atoms with Crippen molar-refractivity contribution in [3.05, 3.63) is 33.9 Å². The summed E-state index contributed by atoms with van der Waals surface area (Å²) in [6, 6.07) is 4.50. The first kappa shape index (κ1) is 19.3. The summed E-state index contributed by atoms with van der Waals surface area (Å²) in [6.07, 6.45) is 1.75. The number of anilines is 1. The lowest BCUT2D eigenvalue weighted by Gasteiger charge is -2.31. The number of nitro groups is 1. The Bertz CT molecular complexity index is 763. The van der Waals surface area contributed by atoms with Crippen LogP contribution in [0.2, 0.25) is 0 Å². The summed E-state index contributed by atoms with van der Waals surface area (Å²) >= 11 is 0. The number of carbonyl (C=O) groups is 1. The van der Waals surface area contributed by atoms with Crippen molar-refractivity contribution in [3.8, 4) is 0 Å². The molecule has 9 heteroatoms. The van der Waals surface area contributed by atoms with Gasteiger partial charge in [-0.3, -0.25) is 14.9 Å². The highest BCUT2D eigenvalue weighted by Gasteiger charge is 2.32. The predicted molar refractivity (Wildman–Crippen MR) is 94.8 cm³/mol. The molecule has 1 aromatic rings. The first-order valence-electron chi connectivity index (χ1n) is 8.28. The van der Waals surface area contributed by atoms with Gasteiger partial charge >= 0.3 is 0 Å². The van der Waals surface area contributed by atoms with Gasteiger partial charge in [-0.1, -0.05) is 13.0 Å². The monoisotopic (exact) mass is 369 g/mol. The molecule has 8 nitrogen and oxygen atoms in total.